The molecule has 0 spiro atoms. The van der Waals surface area contributed by atoms with Crippen molar-refractivity contribution >= 4 is 12.1 Å². The largest absolute Gasteiger partial charge is 0.387 e. The van der Waals surface area contributed by atoms with Crippen molar-refractivity contribution in [1.29, 1.82) is 0 Å². The molecular formula is C6H5N3+. The number of hydrogen-bond acceptors (Lipinski definition) is 3. The molecule has 2 heterocycles. The van der Waals surface area contributed by atoms with Gasteiger partial charge in [-0.15, -0.1) is 0 Å². The van der Waals surface area contributed by atoms with Gasteiger partial charge in [0.05, 0.1) is 0 Å². The zero-order valence-corrected chi connectivity index (χ0v) is 4.70. The van der Waals surface area contributed by atoms with Crippen LogP contribution in [0.5, 0.6) is 0 Å². The van der Waals surface area contributed by atoms with Gasteiger partial charge in [0.15, 0.2) is 6.20 Å². The Bertz CT molecular complexity index is 245. The van der Waals surface area contributed by atoms with Crippen LogP contribution in [0, 0.1) is 0 Å². The molecule has 0 aromatic heterocycles. The number of fused-ring (bicyclic) bond motifs is 1. The third-order valence-electron chi connectivity index (χ3n) is 1.19. The summed E-state index contributed by atoms with van der Waals surface area (Å²) < 4.78 is 0. The van der Waals surface area contributed by atoms with E-state index in [9.17, 15) is 0 Å². The van der Waals surface area contributed by atoms with Crippen molar-refractivity contribution in [1.82, 2.24) is 10.3 Å². The number of allylic oxidation sites excluding steroid dienone is 1. The van der Waals surface area contributed by atoms with Gasteiger partial charge >= 0.3 is 5.84 Å². The maximum Gasteiger partial charge on any atom is 0.387 e. The summed E-state index contributed by atoms with van der Waals surface area (Å²) >= 11 is 0. The number of nitrogens with zero attached hydrogens (tertiary/aromatic N) is 2. The Morgan fingerprint density at radius 3 is 3.44 bits per heavy atom. The predicted octanol–water partition coefficient (Wildman–Crippen LogP) is -0.237. The van der Waals surface area contributed by atoms with Crippen molar-refractivity contribution in [2.24, 2.45) is 4.99 Å². The van der Waals surface area contributed by atoms with Crippen LogP contribution < -0.4 is 10.3 Å². The Hall–Kier alpha value is -1.38. The van der Waals surface area contributed by atoms with E-state index < -0.39 is 0 Å². The van der Waals surface area contributed by atoms with Gasteiger partial charge in [-0.05, 0) is 9.98 Å². The number of aliphatic imine (C=N–C) groups is 2. The predicted molar refractivity (Wildman–Crippen MR) is 36.0 cm³/mol. The first kappa shape index (κ1) is 4.49. The van der Waals surface area contributed by atoms with Crippen LogP contribution in [-0.2, 0) is 0 Å². The first-order valence-electron chi connectivity index (χ1n) is 2.71. The van der Waals surface area contributed by atoms with Crippen molar-refractivity contribution in [2.45, 2.75) is 0 Å². The molecule has 1 radical (unpaired) electrons. The molecule has 9 heavy (non-hydrogen) atoms. The molecule has 1 N–H and O–H groups in total. The smallest absolute Gasteiger partial charge is 0.351 e. The third-order valence-corrected chi connectivity index (χ3v) is 1.19. The summed E-state index contributed by atoms with van der Waals surface area (Å²) in [4.78, 5) is 7.98. The number of nitrogens with one attached hydrogen (secondary N) is 1. The lowest BCUT2D eigenvalue weighted by Crippen LogP contribution is -2.17. The van der Waals surface area contributed by atoms with E-state index in [4.69, 9.17) is 0 Å². The van der Waals surface area contributed by atoms with Crippen LogP contribution in [0.2, 0.25) is 0 Å². The highest BCUT2D eigenvalue weighted by molar-refractivity contribution is 6.09. The zero-order valence-electron chi connectivity index (χ0n) is 4.70. The summed E-state index contributed by atoms with van der Waals surface area (Å²) in [6.07, 6.45) is 7.09. The molecule has 0 saturated carbocycles. The molecule has 0 aromatic carbocycles. The fourth-order valence-electron chi connectivity index (χ4n) is 0.777. The summed E-state index contributed by atoms with van der Waals surface area (Å²) in [6, 6.07) is 0. The fourth-order valence-corrected chi connectivity index (χ4v) is 0.777. The van der Waals surface area contributed by atoms with Crippen LogP contribution in [0.4, 0.5) is 0 Å². The van der Waals surface area contributed by atoms with E-state index in [1.165, 1.54) is 0 Å². The molecule has 0 aromatic rings. The van der Waals surface area contributed by atoms with Gasteiger partial charge in [-0.3, -0.25) is 0 Å². The van der Waals surface area contributed by atoms with Crippen LogP contribution in [0.1, 0.15) is 0 Å². The van der Waals surface area contributed by atoms with Gasteiger partial charge in [0.2, 0.25) is 0 Å². The van der Waals surface area contributed by atoms with E-state index in [0.717, 1.165) is 11.5 Å². The van der Waals surface area contributed by atoms with E-state index in [2.05, 4.69) is 15.3 Å². The lowest BCUT2D eigenvalue weighted by molar-refractivity contribution is 1.09. The van der Waals surface area contributed by atoms with Gasteiger partial charge in [-0.25, -0.2) is 0 Å². The normalized spacial score (nSPS) is 20.4. The molecule has 0 saturated heterocycles. The molecule has 0 atom stereocenters. The molecule has 0 amide bonds. The second kappa shape index (κ2) is 1.55. The van der Waals surface area contributed by atoms with Gasteiger partial charge in [-0.2, -0.15) is 0 Å². The Labute approximate surface area is 52.5 Å². The lowest BCUT2D eigenvalue weighted by atomic mass is 10.4. The van der Waals surface area contributed by atoms with E-state index in [-0.39, 0.29) is 0 Å². The monoisotopic (exact) mass is 119 g/mol. The van der Waals surface area contributed by atoms with Crippen molar-refractivity contribution in [3.63, 3.8) is 0 Å². The number of rotatable bonds is 0. The second-order valence-electron chi connectivity index (χ2n) is 1.77. The first-order valence-corrected chi connectivity index (χ1v) is 2.71. The summed E-state index contributed by atoms with van der Waals surface area (Å²) in [5.74, 6) is 0.775. The summed E-state index contributed by atoms with van der Waals surface area (Å²) in [5, 5.41) is 3.01. The lowest BCUT2D eigenvalue weighted by Gasteiger charge is -1.95. The summed E-state index contributed by atoms with van der Waals surface area (Å²) in [7, 11) is 0. The summed E-state index contributed by atoms with van der Waals surface area (Å²) in [5.41, 5.74) is 0.984. The molecule has 43 valence electrons. The highest BCUT2D eigenvalue weighted by Crippen LogP contribution is 1.99. The quantitative estimate of drug-likeness (QED) is 0.469. The van der Waals surface area contributed by atoms with Gasteiger partial charge < -0.3 is 5.32 Å². The van der Waals surface area contributed by atoms with E-state index in [1.807, 2.05) is 6.08 Å². The number of hydrogen-bond donors (Lipinski definition) is 1. The van der Waals surface area contributed by atoms with Gasteiger partial charge in [0.25, 0.3) is 0 Å². The van der Waals surface area contributed by atoms with Crippen molar-refractivity contribution in [2.75, 3.05) is 0 Å². The minimum Gasteiger partial charge on any atom is -0.351 e. The molecule has 2 aliphatic heterocycles. The Morgan fingerprint density at radius 2 is 2.56 bits per heavy atom. The maximum absolute atomic E-state index is 4.00. The molecule has 0 fully saturated rings. The molecule has 2 aliphatic rings. The highest BCUT2D eigenvalue weighted by atomic mass is 15.0. The minimum atomic E-state index is 0.775. The van der Waals surface area contributed by atoms with Crippen molar-refractivity contribution < 1.29 is 0 Å². The zero-order chi connectivity index (χ0) is 6.10. The molecule has 3 heteroatoms. The van der Waals surface area contributed by atoms with Gasteiger partial charge in [0.1, 0.15) is 11.9 Å². The topological polar surface area (TPSA) is 38.5 Å². The van der Waals surface area contributed by atoms with Crippen LogP contribution in [0.25, 0.3) is 0 Å². The fraction of sp³-hybridized carbons (Fsp3) is 0. The maximum atomic E-state index is 4.00. The van der Waals surface area contributed by atoms with Gasteiger partial charge in [0, 0.05) is 12.3 Å². The van der Waals surface area contributed by atoms with Crippen LogP contribution in [0.15, 0.2) is 29.2 Å². The van der Waals surface area contributed by atoms with E-state index in [0.29, 0.717) is 0 Å². The standard InChI is InChI=1S/C6H5N3/c1-2-8-6-5(1)7-3-4-9-6/h1-4,7H/q+1. The third kappa shape index (κ3) is 0.579. The van der Waals surface area contributed by atoms with Crippen LogP contribution >= 0.6 is 0 Å². The Morgan fingerprint density at radius 1 is 1.56 bits per heavy atom. The second-order valence-corrected chi connectivity index (χ2v) is 1.77. The summed E-state index contributed by atoms with van der Waals surface area (Å²) in [6.45, 7) is 0. The van der Waals surface area contributed by atoms with Crippen LogP contribution in [-0.4, -0.2) is 12.1 Å². The molecule has 0 unspecified atom stereocenters. The van der Waals surface area contributed by atoms with Crippen molar-refractivity contribution in [3.05, 3.63) is 24.2 Å². The number of amidine groups is 1. The average molecular weight is 119 g/mol. The molecule has 0 bridgehead atoms. The molecule has 0 aliphatic carbocycles. The van der Waals surface area contributed by atoms with Crippen LogP contribution in [0.3, 0.4) is 0 Å². The Kier molecular flexibility index (Phi) is 0.773. The van der Waals surface area contributed by atoms with Gasteiger partial charge in [-0.1, -0.05) is 0 Å². The molecule has 3 nitrogen and oxygen atoms in total. The Balaban J connectivity index is 2.46. The SMILES string of the molecule is C1=CNC2=CC=[N+]C2=N1. The highest BCUT2D eigenvalue weighted by Gasteiger charge is 2.20. The minimum absolute atomic E-state index is 0.775. The molecular weight excluding hydrogens is 114 g/mol. The van der Waals surface area contributed by atoms with E-state index >= 15 is 0 Å². The average Bonchev–Trinajstić information content (AvgIpc) is 2.33. The molecule has 2 rings (SSSR count). The van der Waals surface area contributed by atoms with E-state index in [1.54, 1.807) is 18.6 Å². The first-order chi connectivity index (χ1) is 4.47. The van der Waals surface area contributed by atoms with Crippen molar-refractivity contribution in [3.8, 4) is 0 Å².